The number of carbonyl (C=O) groups excluding carboxylic acids is 1. The molecule has 0 fully saturated rings. The van der Waals surface area contributed by atoms with Crippen LogP contribution in [0.2, 0.25) is 0 Å². The zero-order valence-corrected chi connectivity index (χ0v) is 14.3. The lowest BCUT2D eigenvalue weighted by atomic mass is 9.94. The van der Waals surface area contributed by atoms with Gasteiger partial charge in [-0.1, -0.05) is 19.9 Å². The lowest BCUT2D eigenvalue weighted by molar-refractivity contribution is -0.144. The van der Waals surface area contributed by atoms with Crippen molar-refractivity contribution in [2.24, 2.45) is 11.3 Å². The Balaban J connectivity index is 5.35. The predicted octanol–water partition coefficient (Wildman–Crippen LogP) is 2.30. The number of nitrogens with one attached hydrogen (secondary N) is 2. The number of hydrogen-bond donors (Lipinski definition) is 3. The Morgan fingerprint density at radius 3 is 2.35 bits per heavy atom. The molecule has 0 aromatic rings. The number of carboxylic acids is 1. The van der Waals surface area contributed by atoms with Gasteiger partial charge in [0.05, 0.1) is 18.6 Å². The first-order chi connectivity index (χ1) is 10.7. The second-order valence-corrected chi connectivity index (χ2v) is 5.82. The molecule has 0 aromatic heterocycles. The predicted molar refractivity (Wildman–Crippen MR) is 86.9 cm³/mol. The summed E-state index contributed by atoms with van der Waals surface area (Å²) < 4.78 is 10.4. The average Bonchev–Trinajstić information content (AvgIpc) is 2.44. The number of aliphatic carboxylic acids is 1. The van der Waals surface area contributed by atoms with Gasteiger partial charge in [-0.3, -0.25) is 4.79 Å². The monoisotopic (exact) mass is 326 g/mol. The number of ether oxygens (including phenoxy) is 2. The van der Waals surface area contributed by atoms with Crippen molar-refractivity contribution in [2.75, 3.05) is 13.2 Å². The molecule has 0 heterocycles. The summed E-state index contributed by atoms with van der Waals surface area (Å²) in [4.78, 5) is 22.9. The van der Waals surface area contributed by atoms with Crippen LogP contribution in [0, 0.1) is 16.7 Å². The van der Waals surface area contributed by atoms with Gasteiger partial charge in [-0.05, 0) is 26.7 Å². The Morgan fingerprint density at radius 1 is 1.30 bits per heavy atom. The van der Waals surface area contributed by atoms with Crippen LogP contribution in [0.5, 0.6) is 0 Å². The van der Waals surface area contributed by atoms with E-state index in [1.807, 2.05) is 13.8 Å². The van der Waals surface area contributed by atoms with Crippen LogP contribution in [-0.2, 0) is 19.1 Å². The van der Waals surface area contributed by atoms with E-state index in [0.29, 0.717) is 6.61 Å². The minimum absolute atomic E-state index is 0.0598. The third kappa shape index (κ3) is 7.49. The molecule has 0 unspecified atom stereocenters. The third-order valence-corrected chi connectivity index (χ3v) is 2.71. The van der Waals surface area contributed by atoms with Crippen LogP contribution in [0.25, 0.3) is 0 Å². The summed E-state index contributed by atoms with van der Waals surface area (Å²) in [7, 11) is 0. The zero-order valence-electron chi connectivity index (χ0n) is 14.3. The summed E-state index contributed by atoms with van der Waals surface area (Å²) in [6.07, 6.45) is 3.66. The van der Waals surface area contributed by atoms with Gasteiger partial charge in [0, 0.05) is 12.4 Å². The van der Waals surface area contributed by atoms with E-state index in [0.717, 1.165) is 6.21 Å². The summed E-state index contributed by atoms with van der Waals surface area (Å²) in [6, 6.07) is 0. The molecule has 0 aliphatic rings. The Labute approximate surface area is 136 Å². The van der Waals surface area contributed by atoms with Gasteiger partial charge in [0.25, 0.3) is 0 Å². The fourth-order valence-electron chi connectivity index (χ4n) is 1.27. The highest BCUT2D eigenvalue weighted by Crippen LogP contribution is 2.16. The lowest BCUT2D eigenvalue weighted by Gasteiger charge is -2.16. The summed E-state index contributed by atoms with van der Waals surface area (Å²) in [5, 5.41) is 19.2. The van der Waals surface area contributed by atoms with E-state index >= 15 is 0 Å². The quantitative estimate of drug-likeness (QED) is 0.246. The van der Waals surface area contributed by atoms with E-state index in [4.69, 9.17) is 20.0 Å². The highest BCUT2D eigenvalue weighted by Gasteiger charge is 2.23. The Kier molecular flexibility index (Phi) is 8.69. The van der Waals surface area contributed by atoms with Crippen molar-refractivity contribution < 1.29 is 24.2 Å². The third-order valence-electron chi connectivity index (χ3n) is 2.71. The van der Waals surface area contributed by atoms with Crippen LogP contribution in [0.1, 0.15) is 34.6 Å². The van der Waals surface area contributed by atoms with Gasteiger partial charge >= 0.3 is 11.9 Å². The van der Waals surface area contributed by atoms with Gasteiger partial charge in [0.2, 0.25) is 5.88 Å². The molecule has 0 amide bonds. The molecule has 0 radical (unpaired) electrons. The molecule has 0 spiro atoms. The van der Waals surface area contributed by atoms with E-state index in [-0.39, 0.29) is 24.0 Å². The molecule has 0 aliphatic carbocycles. The largest absolute Gasteiger partial charge is 0.481 e. The van der Waals surface area contributed by atoms with E-state index in [9.17, 15) is 9.59 Å². The molecule has 0 aromatic carbocycles. The number of rotatable bonds is 10. The van der Waals surface area contributed by atoms with Crippen molar-refractivity contribution in [2.45, 2.75) is 34.6 Å². The van der Waals surface area contributed by atoms with Crippen molar-refractivity contribution in [3.05, 3.63) is 23.7 Å². The van der Waals surface area contributed by atoms with Gasteiger partial charge in [0.1, 0.15) is 5.57 Å². The Morgan fingerprint density at radius 2 is 1.91 bits per heavy atom. The van der Waals surface area contributed by atoms with Crippen LogP contribution in [0.3, 0.4) is 0 Å². The summed E-state index contributed by atoms with van der Waals surface area (Å²) >= 11 is 0. The molecule has 0 rings (SSSR count). The summed E-state index contributed by atoms with van der Waals surface area (Å²) in [5.74, 6) is -1.40. The maximum atomic E-state index is 11.9. The van der Waals surface area contributed by atoms with Crippen molar-refractivity contribution >= 4 is 18.2 Å². The average molecular weight is 326 g/mol. The first-order valence-corrected chi connectivity index (χ1v) is 7.38. The van der Waals surface area contributed by atoms with Crippen molar-refractivity contribution in [1.82, 2.24) is 5.32 Å². The molecule has 0 aliphatic heterocycles. The molecule has 0 atom stereocenters. The molecular formula is C16H26N2O5. The summed E-state index contributed by atoms with van der Waals surface area (Å²) in [5.41, 5.74) is -1.14. The van der Waals surface area contributed by atoms with Gasteiger partial charge in [-0.2, -0.15) is 0 Å². The van der Waals surface area contributed by atoms with Crippen molar-refractivity contribution in [3.63, 3.8) is 0 Å². The Bertz CT molecular complexity index is 493. The minimum atomic E-state index is -1.08. The maximum Gasteiger partial charge on any atom is 0.345 e. The van der Waals surface area contributed by atoms with Crippen LogP contribution in [-0.4, -0.2) is 36.5 Å². The van der Waals surface area contributed by atoms with Gasteiger partial charge in [-0.15, -0.1) is 0 Å². The number of carbonyl (C=O) groups is 2. The zero-order chi connectivity index (χ0) is 18.0. The Hall–Kier alpha value is -2.31. The van der Waals surface area contributed by atoms with E-state index in [1.54, 1.807) is 6.92 Å². The first-order valence-electron chi connectivity index (χ1n) is 7.38. The molecule has 7 heteroatoms. The van der Waals surface area contributed by atoms with Crippen molar-refractivity contribution in [3.8, 4) is 0 Å². The first kappa shape index (κ1) is 20.7. The molecular weight excluding hydrogens is 300 g/mol. The lowest BCUT2D eigenvalue weighted by Crippen LogP contribution is -2.23. The molecule has 7 nitrogen and oxygen atoms in total. The highest BCUT2D eigenvalue weighted by molar-refractivity contribution is 6.08. The van der Waals surface area contributed by atoms with Gasteiger partial charge in [-0.25, -0.2) is 4.79 Å². The number of esters is 1. The SMILES string of the molecule is CCOC(=O)/C(C=N)=C(/N/C=C/C(C)(C)C(=O)O)OCC(C)C. The highest BCUT2D eigenvalue weighted by atomic mass is 16.5. The second kappa shape index (κ2) is 9.66. The molecule has 0 saturated heterocycles. The maximum absolute atomic E-state index is 11.9. The van der Waals surface area contributed by atoms with E-state index in [2.05, 4.69) is 5.32 Å². The fraction of sp³-hybridized carbons (Fsp3) is 0.562. The summed E-state index contributed by atoms with van der Waals surface area (Å²) in [6.45, 7) is 9.12. The van der Waals surface area contributed by atoms with E-state index < -0.39 is 17.4 Å². The van der Waals surface area contributed by atoms with Crippen LogP contribution in [0.15, 0.2) is 23.7 Å². The molecule has 23 heavy (non-hydrogen) atoms. The fourth-order valence-corrected chi connectivity index (χ4v) is 1.27. The smallest absolute Gasteiger partial charge is 0.345 e. The number of hydrogen-bond acceptors (Lipinski definition) is 6. The van der Waals surface area contributed by atoms with Crippen LogP contribution in [0.4, 0.5) is 0 Å². The molecule has 0 bridgehead atoms. The topological polar surface area (TPSA) is 109 Å². The molecule has 0 saturated carbocycles. The van der Waals surface area contributed by atoms with E-state index in [1.165, 1.54) is 26.1 Å². The van der Waals surface area contributed by atoms with Gasteiger partial charge < -0.3 is 25.3 Å². The van der Waals surface area contributed by atoms with Crippen LogP contribution < -0.4 is 5.32 Å². The second-order valence-electron chi connectivity index (χ2n) is 5.82. The van der Waals surface area contributed by atoms with Gasteiger partial charge in [0.15, 0.2) is 0 Å². The molecule has 130 valence electrons. The number of carboxylic acid groups (broad SMARTS) is 1. The standard InChI is InChI=1S/C16H26N2O5/c1-6-22-14(19)12(9-17)13(23-10-11(2)3)18-8-7-16(4,5)15(20)21/h7-9,11,17-18H,6,10H2,1-5H3,(H,20,21)/b8-7+,13-12-,17-9?. The minimum Gasteiger partial charge on any atom is -0.481 e. The molecule has 3 N–H and O–H groups in total. The van der Waals surface area contributed by atoms with Crippen LogP contribution >= 0.6 is 0 Å². The normalized spacial score (nSPS) is 12.8. The van der Waals surface area contributed by atoms with Crippen molar-refractivity contribution in [1.29, 1.82) is 5.41 Å².